The van der Waals surface area contributed by atoms with Crippen LogP contribution in [0.4, 0.5) is 11.4 Å². The lowest BCUT2D eigenvalue weighted by atomic mass is 10.1. The summed E-state index contributed by atoms with van der Waals surface area (Å²) in [5.74, 6) is -0.331. The molecule has 0 N–H and O–H groups in total. The molecule has 3 aromatic carbocycles. The fraction of sp³-hybridized carbons (Fsp3) is 0.174. The number of carbonyl (C=O) groups is 1. The third-order valence-corrected chi connectivity index (χ3v) is 7.58. The second-order valence-corrected chi connectivity index (χ2v) is 10.1. The zero-order valence-electron chi connectivity index (χ0n) is 16.7. The number of hydrogen-bond donors (Lipinski definition) is 0. The summed E-state index contributed by atoms with van der Waals surface area (Å²) in [4.78, 5) is 15.1. The van der Waals surface area contributed by atoms with E-state index in [1.165, 1.54) is 24.3 Å². The first kappa shape index (κ1) is 21.7. The van der Waals surface area contributed by atoms with Gasteiger partial charge < -0.3 is 4.90 Å². The average Bonchev–Trinajstić information content (AvgIpc) is 3.08. The number of halogens is 2. The molecule has 0 unspecified atom stereocenters. The van der Waals surface area contributed by atoms with Gasteiger partial charge in [-0.3, -0.25) is 9.10 Å². The Hall–Kier alpha value is -2.54. The van der Waals surface area contributed by atoms with E-state index in [2.05, 4.69) is 0 Å². The standard InChI is InChI=1S/C23H20Cl2N2O3S/c1-16-13-17-7-5-6-10-21(17)27(16)23(28)15-26(22-12-11-18(24)14-20(22)25)31(29,30)19-8-3-2-4-9-19/h2-12,14,16H,13,15H2,1H3/t16-/m1/s1. The lowest BCUT2D eigenvalue weighted by Gasteiger charge is -2.29. The maximum atomic E-state index is 13.5. The van der Waals surface area contributed by atoms with Crippen molar-refractivity contribution in [3.63, 3.8) is 0 Å². The summed E-state index contributed by atoms with van der Waals surface area (Å²) in [5, 5.41) is 0.522. The number of nitrogens with zero attached hydrogens (tertiary/aromatic N) is 2. The van der Waals surface area contributed by atoms with Crippen molar-refractivity contribution in [1.82, 2.24) is 0 Å². The fourth-order valence-corrected chi connectivity index (χ4v) is 5.86. The predicted octanol–water partition coefficient (Wildman–Crippen LogP) is 5.17. The van der Waals surface area contributed by atoms with E-state index < -0.39 is 16.6 Å². The molecular weight excluding hydrogens is 455 g/mol. The monoisotopic (exact) mass is 474 g/mol. The van der Waals surface area contributed by atoms with Crippen LogP contribution in [0.15, 0.2) is 77.7 Å². The minimum atomic E-state index is -4.05. The second-order valence-electron chi connectivity index (χ2n) is 7.37. The zero-order chi connectivity index (χ0) is 22.2. The first-order chi connectivity index (χ1) is 14.8. The Morgan fingerprint density at radius 3 is 2.42 bits per heavy atom. The topological polar surface area (TPSA) is 57.7 Å². The quantitative estimate of drug-likeness (QED) is 0.512. The maximum absolute atomic E-state index is 13.5. The number of para-hydroxylation sites is 1. The van der Waals surface area contributed by atoms with Crippen molar-refractivity contribution >= 4 is 50.5 Å². The van der Waals surface area contributed by atoms with Crippen molar-refractivity contribution < 1.29 is 13.2 Å². The molecule has 1 aliphatic rings. The molecule has 1 amide bonds. The first-order valence-corrected chi connectivity index (χ1v) is 11.9. The first-order valence-electron chi connectivity index (χ1n) is 9.72. The number of sulfonamides is 1. The molecule has 5 nitrogen and oxygen atoms in total. The van der Waals surface area contributed by atoms with E-state index >= 15 is 0 Å². The Morgan fingerprint density at radius 1 is 1.03 bits per heavy atom. The number of amides is 1. The van der Waals surface area contributed by atoms with Crippen molar-refractivity contribution in [1.29, 1.82) is 0 Å². The minimum Gasteiger partial charge on any atom is -0.307 e. The summed E-state index contributed by atoms with van der Waals surface area (Å²) in [6, 6.07) is 20.1. The van der Waals surface area contributed by atoms with Crippen LogP contribution in [0.2, 0.25) is 10.0 Å². The summed E-state index contributed by atoms with van der Waals surface area (Å²) in [5.41, 5.74) is 2.06. The van der Waals surface area contributed by atoms with Crippen molar-refractivity contribution in [3.8, 4) is 0 Å². The Morgan fingerprint density at radius 2 is 1.71 bits per heavy atom. The molecule has 4 rings (SSSR count). The summed E-state index contributed by atoms with van der Waals surface area (Å²) in [6.07, 6.45) is 0.717. The molecular formula is C23H20Cl2N2O3S. The summed E-state index contributed by atoms with van der Waals surface area (Å²) in [7, 11) is -4.05. The molecule has 0 saturated heterocycles. The Kier molecular flexibility index (Phi) is 5.97. The zero-order valence-corrected chi connectivity index (χ0v) is 19.0. The highest BCUT2D eigenvalue weighted by molar-refractivity contribution is 7.92. The molecule has 8 heteroatoms. The van der Waals surface area contributed by atoms with Crippen molar-refractivity contribution in [3.05, 3.63) is 88.4 Å². The van der Waals surface area contributed by atoms with Gasteiger partial charge in [0.2, 0.25) is 5.91 Å². The van der Waals surface area contributed by atoms with Gasteiger partial charge in [-0.15, -0.1) is 0 Å². The van der Waals surface area contributed by atoms with Gasteiger partial charge in [0.15, 0.2) is 0 Å². The molecule has 0 saturated carbocycles. The van der Waals surface area contributed by atoms with Gasteiger partial charge in [0.25, 0.3) is 10.0 Å². The summed E-state index contributed by atoms with van der Waals surface area (Å²) >= 11 is 12.4. The van der Waals surface area contributed by atoms with Crippen LogP contribution in [0.25, 0.3) is 0 Å². The van der Waals surface area contributed by atoms with Crippen LogP contribution in [0, 0.1) is 0 Å². The van der Waals surface area contributed by atoms with Crippen LogP contribution in [-0.4, -0.2) is 26.9 Å². The highest BCUT2D eigenvalue weighted by atomic mass is 35.5. The second kappa shape index (κ2) is 8.54. The van der Waals surface area contributed by atoms with E-state index in [4.69, 9.17) is 23.2 Å². The highest BCUT2D eigenvalue weighted by Crippen LogP contribution is 2.35. The number of anilines is 2. The minimum absolute atomic E-state index is 0.0729. The number of rotatable bonds is 5. The number of fused-ring (bicyclic) bond motifs is 1. The van der Waals surface area contributed by atoms with Gasteiger partial charge >= 0.3 is 0 Å². The molecule has 0 radical (unpaired) electrons. The molecule has 160 valence electrons. The van der Waals surface area contributed by atoms with Crippen LogP contribution in [0.5, 0.6) is 0 Å². The van der Waals surface area contributed by atoms with Gasteiger partial charge in [0, 0.05) is 16.8 Å². The van der Waals surface area contributed by atoms with Gasteiger partial charge in [0.05, 0.1) is 15.6 Å². The Labute approximate surface area is 191 Å². The Bertz CT molecular complexity index is 1230. The number of carbonyl (C=O) groups excluding carboxylic acids is 1. The van der Waals surface area contributed by atoms with E-state index in [9.17, 15) is 13.2 Å². The van der Waals surface area contributed by atoms with Crippen molar-refractivity contribution in [2.24, 2.45) is 0 Å². The fourth-order valence-electron chi connectivity index (χ4n) is 3.85. The summed E-state index contributed by atoms with van der Waals surface area (Å²) < 4.78 is 28.1. The third-order valence-electron chi connectivity index (χ3n) is 5.26. The van der Waals surface area contributed by atoms with E-state index in [1.807, 2.05) is 31.2 Å². The average molecular weight is 475 g/mol. The number of hydrogen-bond acceptors (Lipinski definition) is 3. The molecule has 0 fully saturated rings. The van der Waals surface area contributed by atoms with Gasteiger partial charge in [-0.1, -0.05) is 59.6 Å². The highest BCUT2D eigenvalue weighted by Gasteiger charge is 2.35. The van der Waals surface area contributed by atoms with Crippen molar-refractivity contribution in [2.75, 3.05) is 15.7 Å². The lowest BCUT2D eigenvalue weighted by molar-refractivity contribution is -0.117. The van der Waals surface area contributed by atoms with Crippen LogP contribution in [0.1, 0.15) is 12.5 Å². The van der Waals surface area contributed by atoms with Gasteiger partial charge in [-0.05, 0) is 55.3 Å². The van der Waals surface area contributed by atoms with Crippen LogP contribution in [0.3, 0.4) is 0 Å². The Balaban J connectivity index is 1.76. The van der Waals surface area contributed by atoms with Crippen LogP contribution >= 0.6 is 23.2 Å². The largest absolute Gasteiger partial charge is 0.307 e. The van der Waals surface area contributed by atoms with Crippen LogP contribution in [-0.2, 0) is 21.2 Å². The van der Waals surface area contributed by atoms with Gasteiger partial charge in [-0.25, -0.2) is 8.42 Å². The smallest absolute Gasteiger partial charge is 0.264 e. The molecule has 0 aromatic heterocycles. The van der Waals surface area contributed by atoms with E-state index in [1.54, 1.807) is 29.2 Å². The van der Waals surface area contributed by atoms with E-state index in [0.717, 1.165) is 22.0 Å². The molecule has 1 heterocycles. The molecule has 3 aromatic rings. The van der Waals surface area contributed by atoms with E-state index in [-0.39, 0.29) is 27.6 Å². The molecule has 0 spiro atoms. The van der Waals surface area contributed by atoms with Gasteiger partial charge in [0.1, 0.15) is 6.54 Å². The molecule has 0 bridgehead atoms. The summed E-state index contributed by atoms with van der Waals surface area (Å²) in [6.45, 7) is 1.56. The molecule has 31 heavy (non-hydrogen) atoms. The normalized spacial score (nSPS) is 15.6. The van der Waals surface area contributed by atoms with Crippen molar-refractivity contribution in [2.45, 2.75) is 24.3 Å². The third kappa shape index (κ3) is 4.15. The SMILES string of the molecule is C[C@@H]1Cc2ccccc2N1C(=O)CN(c1ccc(Cl)cc1Cl)S(=O)(=O)c1ccccc1. The predicted molar refractivity (Wildman–Crippen MR) is 125 cm³/mol. The number of benzene rings is 3. The van der Waals surface area contributed by atoms with Gasteiger partial charge in [-0.2, -0.15) is 0 Å². The molecule has 0 aliphatic carbocycles. The van der Waals surface area contributed by atoms with Crippen LogP contribution < -0.4 is 9.21 Å². The lowest BCUT2D eigenvalue weighted by Crippen LogP contribution is -2.45. The molecule has 1 aliphatic heterocycles. The van der Waals surface area contributed by atoms with E-state index in [0.29, 0.717) is 5.02 Å². The molecule has 1 atom stereocenters. The maximum Gasteiger partial charge on any atom is 0.264 e.